The van der Waals surface area contributed by atoms with Gasteiger partial charge in [0.2, 0.25) is 0 Å². The van der Waals surface area contributed by atoms with Crippen molar-refractivity contribution in [1.82, 2.24) is 0 Å². The van der Waals surface area contributed by atoms with Gasteiger partial charge in [0.1, 0.15) is 11.9 Å². The van der Waals surface area contributed by atoms with Crippen molar-refractivity contribution in [1.29, 1.82) is 0 Å². The van der Waals surface area contributed by atoms with E-state index in [1.807, 2.05) is 0 Å². The van der Waals surface area contributed by atoms with Crippen LogP contribution < -0.4 is 4.74 Å². The molecule has 1 aromatic carbocycles. The Hall–Kier alpha value is -1.22. The van der Waals surface area contributed by atoms with E-state index < -0.39 is 11.9 Å². The number of carbonyl (C=O) groups is 1. The summed E-state index contributed by atoms with van der Waals surface area (Å²) in [5.74, 6) is -0.575. The topological polar surface area (TPSA) is 46.5 Å². The summed E-state index contributed by atoms with van der Waals surface area (Å²) in [5, 5.41) is 9.60. The van der Waals surface area contributed by atoms with Gasteiger partial charge in [-0.15, -0.1) is 0 Å². The summed E-state index contributed by atoms with van der Waals surface area (Å²) in [7, 11) is 0. The predicted molar refractivity (Wildman–Crippen MR) is 56.4 cm³/mol. The number of hydrogen-bond donors (Lipinski definition) is 1. The zero-order valence-electron chi connectivity index (χ0n) is 8.24. The van der Waals surface area contributed by atoms with Crippen molar-refractivity contribution in [3.8, 4) is 5.75 Å². The van der Waals surface area contributed by atoms with Crippen LogP contribution in [0.25, 0.3) is 0 Å². The van der Waals surface area contributed by atoms with Gasteiger partial charge in [0.15, 0.2) is 0 Å². The predicted octanol–water partition coefficient (Wildman–Crippen LogP) is 2.36. The number of ether oxygens (including phenoxy) is 1. The van der Waals surface area contributed by atoms with Gasteiger partial charge in [0.25, 0.3) is 0 Å². The lowest BCUT2D eigenvalue weighted by atomic mass is 9.91. The van der Waals surface area contributed by atoms with E-state index in [9.17, 15) is 4.79 Å². The largest absolute Gasteiger partial charge is 0.490 e. The van der Waals surface area contributed by atoms with Crippen molar-refractivity contribution in [2.24, 2.45) is 5.92 Å². The Balaban J connectivity index is 2.34. The first-order chi connectivity index (χ1) is 7.08. The van der Waals surface area contributed by atoms with E-state index in [4.69, 9.17) is 21.4 Å². The van der Waals surface area contributed by atoms with Gasteiger partial charge in [-0.3, -0.25) is 4.79 Å². The summed E-state index contributed by atoms with van der Waals surface area (Å²) in [5.41, 5.74) is 0.869. The maximum Gasteiger partial charge on any atom is 0.310 e. The normalized spacial score (nSPS) is 24.1. The van der Waals surface area contributed by atoms with Crippen LogP contribution in [0, 0.1) is 5.92 Å². The van der Waals surface area contributed by atoms with Gasteiger partial charge in [0, 0.05) is 5.02 Å². The summed E-state index contributed by atoms with van der Waals surface area (Å²) in [6, 6.07) is 5.29. The molecule has 3 nitrogen and oxygen atoms in total. The summed E-state index contributed by atoms with van der Waals surface area (Å²) >= 11 is 5.84. The summed E-state index contributed by atoms with van der Waals surface area (Å²) in [4.78, 5) is 10.9. The Labute approximate surface area is 92.6 Å². The molecule has 1 N–H and O–H groups in total. The van der Waals surface area contributed by atoms with E-state index in [-0.39, 0.29) is 6.10 Å². The van der Waals surface area contributed by atoms with Crippen molar-refractivity contribution in [2.45, 2.75) is 19.4 Å². The zero-order valence-corrected chi connectivity index (χ0v) is 8.99. The highest BCUT2D eigenvalue weighted by atomic mass is 35.5. The van der Waals surface area contributed by atoms with Gasteiger partial charge in [-0.05, 0) is 37.1 Å². The van der Waals surface area contributed by atoms with Crippen molar-refractivity contribution in [3.63, 3.8) is 0 Å². The summed E-state index contributed by atoms with van der Waals surface area (Å²) in [6.07, 6.45) is 0.183. The van der Waals surface area contributed by atoms with Gasteiger partial charge in [0.05, 0.1) is 5.92 Å². The quantitative estimate of drug-likeness (QED) is 0.800. The van der Waals surface area contributed by atoms with Crippen LogP contribution in [0.15, 0.2) is 18.2 Å². The van der Waals surface area contributed by atoms with Gasteiger partial charge in [-0.1, -0.05) is 11.6 Å². The van der Waals surface area contributed by atoms with Crippen molar-refractivity contribution in [2.75, 3.05) is 0 Å². The minimum absolute atomic E-state index is 0.295. The Kier molecular flexibility index (Phi) is 2.57. The molecule has 0 amide bonds. The molecule has 1 aromatic rings. The number of halogens is 1. The first-order valence-corrected chi connectivity index (χ1v) is 5.13. The van der Waals surface area contributed by atoms with Crippen molar-refractivity contribution in [3.05, 3.63) is 28.8 Å². The monoisotopic (exact) mass is 226 g/mol. The molecule has 0 spiro atoms. The van der Waals surface area contributed by atoms with Crippen LogP contribution in [0.1, 0.15) is 12.5 Å². The van der Waals surface area contributed by atoms with Crippen molar-refractivity contribution < 1.29 is 14.6 Å². The van der Waals surface area contributed by atoms with Gasteiger partial charge in [-0.25, -0.2) is 0 Å². The smallest absolute Gasteiger partial charge is 0.310 e. The number of benzene rings is 1. The number of hydrogen-bond acceptors (Lipinski definition) is 2. The lowest BCUT2D eigenvalue weighted by molar-refractivity contribution is -0.145. The fraction of sp³-hybridized carbons (Fsp3) is 0.364. The molecule has 0 aromatic heterocycles. The average Bonchev–Trinajstić information content (AvgIpc) is 2.17. The molecule has 0 fully saturated rings. The van der Waals surface area contributed by atoms with E-state index in [1.165, 1.54) is 0 Å². The lowest BCUT2D eigenvalue weighted by Gasteiger charge is -2.28. The highest BCUT2D eigenvalue weighted by Crippen LogP contribution is 2.32. The van der Waals surface area contributed by atoms with Crippen molar-refractivity contribution >= 4 is 17.6 Å². The Morgan fingerprint density at radius 1 is 1.60 bits per heavy atom. The van der Waals surface area contributed by atoms with E-state index in [1.54, 1.807) is 25.1 Å². The number of carboxylic acid groups (broad SMARTS) is 1. The molecule has 2 rings (SSSR count). The van der Waals surface area contributed by atoms with E-state index in [2.05, 4.69) is 0 Å². The second-order valence-electron chi connectivity index (χ2n) is 3.72. The molecule has 1 heterocycles. The maximum atomic E-state index is 10.9. The molecule has 1 aliphatic heterocycles. The molecule has 2 atom stereocenters. The van der Waals surface area contributed by atoms with Crippen LogP contribution in [0.3, 0.4) is 0 Å². The third-order valence-corrected chi connectivity index (χ3v) is 2.89. The van der Waals surface area contributed by atoms with Gasteiger partial charge in [-0.2, -0.15) is 0 Å². The van der Waals surface area contributed by atoms with Crippen LogP contribution in [0.2, 0.25) is 5.02 Å². The number of aliphatic carboxylic acids is 1. The van der Waals surface area contributed by atoms with E-state index >= 15 is 0 Å². The highest BCUT2D eigenvalue weighted by Gasteiger charge is 2.32. The second-order valence-corrected chi connectivity index (χ2v) is 4.16. The molecule has 0 bridgehead atoms. The van der Waals surface area contributed by atoms with E-state index in [0.29, 0.717) is 11.4 Å². The minimum atomic E-state index is -0.826. The molecule has 0 radical (unpaired) electrons. The molecule has 0 aliphatic carbocycles. The second kappa shape index (κ2) is 3.74. The molecule has 0 saturated carbocycles. The van der Waals surface area contributed by atoms with Crippen LogP contribution in [-0.4, -0.2) is 17.2 Å². The first-order valence-electron chi connectivity index (χ1n) is 4.76. The average molecular weight is 227 g/mol. The SMILES string of the molecule is CC1Oc2ccc(Cl)cc2CC1C(=O)O. The molecule has 4 heteroatoms. The maximum absolute atomic E-state index is 10.9. The van der Waals surface area contributed by atoms with Crippen LogP contribution in [0.4, 0.5) is 0 Å². The van der Waals surface area contributed by atoms with Crippen LogP contribution >= 0.6 is 11.6 Å². The van der Waals surface area contributed by atoms with E-state index in [0.717, 1.165) is 11.3 Å². The minimum Gasteiger partial charge on any atom is -0.490 e. The fourth-order valence-electron chi connectivity index (χ4n) is 1.80. The Bertz CT molecular complexity index is 403. The standard InChI is InChI=1S/C11H11ClO3/c1-6-9(11(13)14)5-7-4-8(12)2-3-10(7)15-6/h2-4,6,9H,5H2,1H3,(H,13,14). The van der Waals surface area contributed by atoms with Crippen LogP contribution in [-0.2, 0) is 11.2 Å². The zero-order chi connectivity index (χ0) is 11.0. The summed E-state index contributed by atoms with van der Waals surface area (Å²) in [6.45, 7) is 1.77. The first kappa shape index (κ1) is 10.3. The molecule has 15 heavy (non-hydrogen) atoms. The molecule has 1 aliphatic rings. The Morgan fingerprint density at radius 3 is 3.00 bits per heavy atom. The number of rotatable bonds is 1. The highest BCUT2D eigenvalue weighted by molar-refractivity contribution is 6.30. The van der Waals surface area contributed by atoms with Crippen LogP contribution in [0.5, 0.6) is 5.75 Å². The third-order valence-electron chi connectivity index (χ3n) is 2.66. The lowest BCUT2D eigenvalue weighted by Crippen LogP contribution is -2.35. The van der Waals surface area contributed by atoms with Gasteiger partial charge >= 0.3 is 5.97 Å². The van der Waals surface area contributed by atoms with Gasteiger partial charge < -0.3 is 9.84 Å². The fourth-order valence-corrected chi connectivity index (χ4v) is 1.99. The summed E-state index contributed by atoms with van der Waals surface area (Å²) < 4.78 is 5.52. The molecular formula is C11H11ClO3. The number of carboxylic acids is 1. The molecule has 0 saturated heterocycles. The molecule has 2 unspecified atom stereocenters. The number of fused-ring (bicyclic) bond motifs is 1. The molecule has 80 valence electrons. The molecular weight excluding hydrogens is 216 g/mol. The Morgan fingerprint density at radius 2 is 2.33 bits per heavy atom. The third kappa shape index (κ3) is 1.92.